The number of nitrogens with zero attached hydrogens (tertiary/aromatic N) is 2. The van der Waals surface area contributed by atoms with Crippen molar-refractivity contribution in [1.82, 2.24) is 9.80 Å². The lowest BCUT2D eigenvalue weighted by atomic mass is 10.2. The molecule has 1 N–H and O–H groups in total. The van der Waals surface area contributed by atoms with E-state index in [1.54, 1.807) is 4.90 Å². The van der Waals surface area contributed by atoms with Gasteiger partial charge in [-0.3, -0.25) is 0 Å². The maximum absolute atomic E-state index is 12.7. The highest BCUT2D eigenvalue weighted by Crippen LogP contribution is 2.30. The lowest BCUT2D eigenvalue weighted by molar-refractivity contribution is -0.137. The molecule has 4 nitrogen and oxygen atoms in total. The smallest absolute Gasteiger partial charge is 0.323 e. The van der Waals surface area contributed by atoms with Gasteiger partial charge < -0.3 is 15.1 Å². The van der Waals surface area contributed by atoms with Gasteiger partial charge in [-0.2, -0.15) is 13.2 Å². The van der Waals surface area contributed by atoms with Crippen LogP contribution in [-0.4, -0.2) is 49.6 Å². The standard InChI is InChI=1S/C16H24F3N3O/c1-12(2)11-22(9-8-21(3)4)15(23)20-14-7-5-6-13(10-14)16(17,18)19/h5-7,10,12H,8-9,11H2,1-4H3,(H,20,23). The molecule has 0 unspecified atom stereocenters. The summed E-state index contributed by atoms with van der Waals surface area (Å²) < 4.78 is 38.2. The molecule has 2 amide bonds. The van der Waals surface area contributed by atoms with E-state index in [9.17, 15) is 18.0 Å². The second-order valence-corrected chi connectivity index (χ2v) is 6.15. The minimum absolute atomic E-state index is 0.142. The molecule has 1 rings (SSSR count). The average molecular weight is 331 g/mol. The second kappa shape index (κ2) is 8.19. The van der Waals surface area contributed by atoms with E-state index in [2.05, 4.69) is 5.32 Å². The SMILES string of the molecule is CC(C)CN(CCN(C)C)C(=O)Nc1cccc(C(F)(F)F)c1. The monoisotopic (exact) mass is 331 g/mol. The maximum Gasteiger partial charge on any atom is 0.416 e. The Bertz CT molecular complexity index is 516. The number of likely N-dealkylation sites (N-methyl/N-ethyl adjacent to an activating group) is 1. The molecule has 0 heterocycles. The maximum atomic E-state index is 12.7. The highest BCUT2D eigenvalue weighted by Gasteiger charge is 2.30. The summed E-state index contributed by atoms with van der Waals surface area (Å²) in [5, 5.41) is 2.55. The van der Waals surface area contributed by atoms with E-state index in [1.807, 2.05) is 32.8 Å². The van der Waals surface area contributed by atoms with Gasteiger partial charge in [-0.25, -0.2) is 4.79 Å². The lowest BCUT2D eigenvalue weighted by Crippen LogP contribution is -2.41. The number of hydrogen-bond donors (Lipinski definition) is 1. The fourth-order valence-corrected chi connectivity index (χ4v) is 2.01. The van der Waals surface area contributed by atoms with Crippen molar-refractivity contribution in [2.75, 3.05) is 39.0 Å². The van der Waals surface area contributed by atoms with Crippen LogP contribution in [0.25, 0.3) is 0 Å². The molecular weight excluding hydrogens is 307 g/mol. The fourth-order valence-electron chi connectivity index (χ4n) is 2.01. The molecule has 0 saturated carbocycles. The number of carbonyl (C=O) groups excluding carboxylic acids is 1. The number of anilines is 1. The van der Waals surface area contributed by atoms with Gasteiger partial charge in [-0.05, 0) is 38.2 Å². The molecule has 0 aliphatic carbocycles. The first kappa shape index (κ1) is 19.3. The second-order valence-electron chi connectivity index (χ2n) is 6.15. The van der Waals surface area contributed by atoms with Gasteiger partial charge in [0.15, 0.2) is 0 Å². The number of urea groups is 1. The van der Waals surface area contributed by atoms with Crippen LogP contribution in [0.15, 0.2) is 24.3 Å². The van der Waals surface area contributed by atoms with Crippen molar-refractivity contribution in [2.45, 2.75) is 20.0 Å². The van der Waals surface area contributed by atoms with Gasteiger partial charge in [0, 0.05) is 25.3 Å². The number of halogens is 3. The molecule has 130 valence electrons. The predicted molar refractivity (Wildman–Crippen MR) is 85.4 cm³/mol. The van der Waals surface area contributed by atoms with Gasteiger partial charge in [0.25, 0.3) is 0 Å². The summed E-state index contributed by atoms with van der Waals surface area (Å²) in [6, 6.07) is 4.27. The summed E-state index contributed by atoms with van der Waals surface area (Å²) in [5.74, 6) is 0.268. The minimum atomic E-state index is -4.43. The largest absolute Gasteiger partial charge is 0.416 e. The average Bonchev–Trinajstić information content (AvgIpc) is 2.42. The quantitative estimate of drug-likeness (QED) is 0.861. The summed E-state index contributed by atoms with van der Waals surface area (Å²) in [4.78, 5) is 15.9. The number of nitrogens with one attached hydrogen (secondary N) is 1. The third-order valence-corrected chi connectivity index (χ3v) is 3.13. The van der Waals surface area contributed by atoms with Gasteiger partial charge in [-0.15, -0.1) is 0 Å². The Morgan fingerprint density at radius 2 is 1.87 bits per heavy atom. The van der Waals surface area contributed by atoms with Crippen LogP contribution in [0.1, 0.15) is 19.4 Å². The summed E-state index contributed by atoms with van der Waals surface area (Å²) in [5.41, 5.74) is -0.637. The van der Waals surface area contributed by atoms with Crippen molar-refractivity contribution in [3.05, 3.63) is 29.8 Å². The summed E-state index contributed by atoms with van der Waals surface area (Å²) in [6.07, 6.45) is -4.43. The Balaban J connectivity index is 2.81. The number of rotatable bonds is 6. The topological polar surface area (TPSA) is 35.6 Å². The van der Waals surface area contributed by atoms with E-state index in [1.165, 1.54) is 12.1 Å². The van der Waals surface area contributed by atoms with Gasteiger partial charge in [-0.1, -0.05) is 19.9 Å². The molecule has 23 heavy (non-hydrogen) atoms. The molecule has 0 radical (unpaired) electrons. The fraction of sp³-hybridized carbons (Fsp3) is 0.562. The normalized spacial score (nSPS) is 11.9. The molecule has 7 heteroatoms. The Morgan fingerprint density at radius 3 is 2.39 bits per heavy atom. The van der Waals surface area contributed by atoms with Crippen molar-refractivity contribution in [1.29, 1.82) is 0 Å². The van der Waals surface area contributed by atoms with Crippen molar-refractivity contribution in [3.63, 3.8) is 0 Å². The Hall–Kier alpha value is -1.76. The van der Waals surface area contributed by atoms with Crippen molar-refractivity contribution in [2.24, 2.45) is 5.92 Å². The molecule has 0 bridgehead atoms. The zero-order valence-electron chi connectivity index (χ0n) is 13.9. The van der Waals surface area contributed by atoms with Crippen LogP contribution in [0.2, 0.25) is 0 Å². The molecule has 1 aromatic rings. The van der Waals surface area contributed by atoms with Crippen LogP contribution in [0.4, 0.5) is 23.7 Å². The molecule has 0 atom stereocenters. The highest BCUT2D eigenvalue weighted by molar-refractivity contribution is 5.89. The van der Waals surface area contributed by atoms with Crippen molar-refractivity contribution in [3.8, 4) is 0 Å². The van der Waals surface area contributed by atoms with Crippen LogP contribution >= 0.6 is 0 Å². The molecular formula is C16H24F3N3O. The van der Waals surface area contributed by atoms with Crippen molar-refractivity contribution >= 4 is 11.7 Å². The lowest BCUT2D eigenvalue weighted by Gasteiger charge is -2.26. The number of hydrogen-bond acceptors (Lipinski definition) is 2. The van der Waals surface area contributed by atoms with E-state index < -0.39 is 11.7 Å². The van der Waals surface area contributed by atoms with Crippen LogP contribution in [0, 0.1) is 5.92 Å². The Morgan fingerprint density at radius 1 is 1.22 bits per heavy atom. The van der Waals surface area contributed by atoms with E-state index in [0.29, 0.717) is 19.6 Å². The Labute approximate surface area is 135 Å². The van der Waals surface area contributed by atoms with Crippen LogP contribution in [0.3, 0.4) is 0 Å². The summed E-state index contributed by atoms with van der Waals surface area (Å²) in [6.45, 7) is 5.71. The van der Waals surface area contributed by atoms with Gasteiger partial charge >= 0.3 is 12.2 Å². The number of carbonyl (C=O) groups is 1. The van der Waals surface area contributed by atoms with Gasteiger partial charge in [0.1, 0.15) is 0 Å². The summed E-state index contributed by atoms with van der Waals surface area (Å²) >= 11 is 0. The third kappa shape index (κ3) is 6.90. The molecule has 0 aromatic heterocycles. The van der Waals surface area contributed by atoms with E-state index in [4.69, 9.17) is 0 Å². The molecule has 0 fully saturated rings. The third-order valence-electron chi connectivity index (χ3n) is 3.13. The first-order valence-corrected chi connectivity index (χ1v) is 7.47. The Kier molecular flexibility index (Phi) is 6.87. The van der Waals surface area contributed by atoms with E-state index in [0.717, 1.165) is 12.1 Å². The van der Waals surface area contributed by atoms with Crippen LogP contribution < -0.4 is 5.32 Å². The first-order chi connectivity index (χ1) is 10.6. The molecule has 1 aromatic carbocycles. The predicted octanol–water partition coefficient (Wildman–Crippen LogP) is 3.76. The molecule has 0 aliphatic heterocycles. The first-order valence-electron chi connectivity index (χ1n) is 7.47. The minimum Gasteiger partial charge on any atom is -0.323 e. The van der Waals surface area contributed by atoms with Crippen molar-refractivity contribution < 1.29 is 18.0 Å². The van der Waals surface area contributed by atoms with E-state index in [-0.39, 0.29) is 17.6 Å². The molecule has 0 spiro atoms. The zero-order chi connectivity index (χ0) is 17.6. The van der Waals surface area contributed by atoms with Crippen LogP contribution in [0.5, 0.6) is 0 Å². The van der Waals surface area contributed by atoms with Gasteiger partial charge in [0.05, 0.1) is 5.56 Å². The number of alkyl halides is 3. The van der Waals surface area contributed by atoms with Gasteiger partial charge in [0.2, 0.25) is 0 Å². The van der Waals surface area contributed by atoms with Crippen LogP contribution in [-0.2, 0) is 6.18 Å². The zero-order valence-corrected chi connectivity index (χ0v) is 13.9. The van der Waals surface area contributed by atoms with E-state index >= 15 is 0 Å². The summed E-state index contributed by atoms with van der Waals surface area (Å²) in [7, 11) is 3.80. The number of amides is 2. The number of benzene rings is 1. The highest BCUT2D eigenvalue weighted by atomic mass is 19.4. The molecule has 0 aliphatic rings. The molecule has 0 saturated heterocycles.